The molecule has 4 rings (SSSR count). The first-order valence-electron chi connectivity index (χ1n) is 7.95. The second-order valence-electron chi connectivity index (χ2n) is 6.29. The smallest absolute Gasteiger partial charge is 0.250 e. The zero-order valence-corrected chi connectivity index (χ0v) is 12.9. The standard InChI is InChI=1S/C18H20N4O/c19-13-5-7-14(8-6-13)22-11-9-18(10-12-22)17(23)20-15-3-1-2-4-16(15)21-18/h1-8,21H,9-12,19H2,(H,20,23). The van der Waals surface area contributed by atoms with Gasteiger partial charge in [-0.2, -0.15) is 0 Å². The van der Waals surface area contributed by atoms with Crippen molar-refractivity contribution in [2.24, 2.45) is 0 Å². The molecule has 2 aliphatic heterocycles. The van der Waals surface area contributed by atoms with Crippen molar-refractivity contribution in [3.63, 3.8) is 0 Å². The number of hydrogen-bond acceptors (Lipinski definition) is 4. The minimum absolute atomic E-state index is 0.0770. The van der Waals surface area contributed by atoms with Gasteiger partial charge in [-0.25, -0.2) is 0 Å². The van der Waals surface area contributed by atoms with Crippen molar-refractivity contribution in [1.82, 2.24) is 0 Å². The van der Waals surface area contributed by atoms with Gasteiger partial charge in [0.1, 0.15) is 5.54 Å². The van der Waals surface area contributed by atoms with Gasteiger partial charge in [0.15, 0.2) is 0 Å². The molecular weight excluding hydrogens is 288 g/mol. The van der Waals surface area contributed by atoms with Crippen molar-refractivity contribution in [2.45, 2.75) is 18.4 Å². The first-order chi connectivity index (χ1) is 11.2. The third-order valence-corrected chi connectivity index (χ3v) is 4.86. The summed E-state index contributed by atoms with van der Waals surface area (Å²) in [5, 5.41) is 6.53. The average Bonchev–Trinajstić information content (AvgIpc) is 2.58. The Balaban J connectivity index is 1.52. The van der Waals surface area contributed by atoms with Crippen LogP contribution in [0.4, 0.5) is 22.7 Å². The molecule has 2 heterocycles. The molecule has 1 spiro atoms. The van der Waals surface area contributed by atoms with Crippen LogP contribution < -0.4 is 21.3 Å². The predicted molar refractivity (Wildman–Crippen MR) is 93.7 cm³/mol. The number of amides is 1. The molecule has 5 heteroatoms. The number of fused-ring (bicyclic) bond motifs is 1. The molecule has 23 heavy (non-hydrogen) atoms. The van der Waals surface area contributed by atoms with E-state index in [1.807, 2.05) is 48.5 Å². The number of nitrogens with zero attached hydrogens (tertiary/aromatic N) is 1. The largest absolute Gasteiger partial charge is 0.399 e. The van der Waals surface area contributed by atoms with E-state index < -0.39 is 5.54 Å². The average molecular weight is 308 g/mol. The lowest BCUT2D eigenvalue weighted by Crippen LogP contribution is -2.58. The molecule has 1 amide bonds. The quantitative estimate of drug-likeness (QED) is 0.708. The van der Waals surface area contributed by atoms with E-state index in [0.29, 0.717) is 0 Å². The van der Waals surface area contributed by atoms with Crippen LogP contribution in [0.25, 0.3) is 0 Å². The molecule has 2 aromatic carbocycles. The van der Waals surface area contributed by atoms with Crippen molar-refractivity contribution in [3.05, 3.63) is 48.5 Å². The number of anilines is 4. The number of para-hydroxylation sites is 2. The molecule has 0 aliphatic carbocycles. The number of benzene rings is 2. The lowest BCUT2D eigenvalue weighted by molar-refractivity contribution is -0.121. The molecule has 0 bridgehead atoms. The number of nitrogen functional groups attached to an aromatic ring is 1. The number of nitrogens with one attached hydrogen (secondary N) is 2. The Hall–Kier alpha value is -2.69. The van der Waals surface area contributed by atoms with E-state index in [4.69, 9.17) is 5.73 Å². The highest BCUT2D eigenvalue weighted by Gasteiger charge is 2.44. The molecule has 2 aromatic rings. The highest BCUT2D eigenvalue weighted by Crippen LogP contribution is 2.37. The fourth-order valence-electron chi connectivity index (χ4n) is 3.44. The highest BCUT2D eigenvalue weighted by atomic mass is 16.2. The summed E-state index contributed by atoms with van der Waals surface area (Å²) in [4.78, 5) is 14.9. The summed E-state index contributed by atoms with van der Waals surface area (Å²) in [5.74, 6) is 0.0770. The van der Waals surface area contributed by atoms with Crippen LogP contribution in [0.15, 0.2) is 48.5 Å². The Morgan fingerprint density at radius 3 is 2.30 bits per heavy atom. The van der Waals surface area contributed by atoms with Gasteiger partial charge in [0.05, 0.1) is 11.4 Å². The Kier molecular flexibility index (Phi) is 3.15. The minimum Gasteiger partial charge on any atom is -0.399 e. The van der Waals surface area contributed by atoms with Crippen LogP contribution in [0.5, 0.6) is 0 Å². The van der Waals surface area contributed by atoms with Gasteiger partial charge in [0.2, 0.25) is 5.91 Å². The molecule has 0 aromatic heterocycles. The summed E-state index contributed by atoms with van der Waals surface area (Å²) in [6, 6.07) is 15.8. The maximum Gasteiger partial charge on any atom is 0.250 e. The van der Waals surface area contributed by atoms with E-state index in [1.165, 1.54) is 0 Å². The molecule has 0 saturated carbocycles. The SMILES string of the molecule is Nc1ccc(N2CCC3(CC2)Nc2ccccc2NC3=O)cc1. The van der Waals surface area contributed by atoms with Crippen LogP contribution in [0, 0.1) is 0 Å². The van der Waals surface area contributed by atoms with Crippen LogP contribution in [-0.2, 0) is 4.79 Å². The van der Waals surface area contributed by atoms with Gasteiger partial charge in [-0.1, -0.05) is 12.1 Å². The van der Waals surface area contributed by atoms with Gasteiger partial charge in [-0.05, 0) is 49.2 Å². The maximum atomic E-state index is 12.6. The van der Waals surface area contributed by atoms with Crippen LogP contribution in [-0.4, -0.2) is 24.5 Å². The lowest BCUT2D eigenvalue weighted by Gasteiger charge is -2.45. The first kappa shape index (κ1) is 13.9. The van der Waals surface area contributed by atoms with Gasteiger partial charge in [-0.3, -0.25) is 4.79 Å². The molecular formula is C18H20N4O. The minimum atomic E-state index is -0.501. The number of rotatable bonds is 1. The molecule has 1 saturated heterocycles. The second-order valence-corrected chi connectivity index (χ2v) is 6.29. The van der Waals surface area contributed by atoms with Crippen molar-refractivity contribution in [1.29, 1.82) is 0 Å². The Bertz CT molecular complexity index is 733. The summed E-state index contributed by atoms with van der Waals surface area (Å²) in [7, 11) is 0. The van der Waals surface area contributed by atoms with E-state index in [1.54, 1.807) is 0 Å². The van der Waals surface area contributed by atoms with Crippen LogP contribution >= 0.6 is 0 Å². The molecule has 5 nitrogen and oxygen atoms in total. The van der Waals surface area contributed by atoms with E-state index in [9.17, 15) is 4.79 Å². The third-order valence-electron chi connectivity index (χ3n) is 4.86. The molecule has 1 fully saturated rings. The second kappa shape index (κ2) is 5.19. The van der Waals surface area contributed by atoms with Crippen LogP contribution in [0.1, 0.15) is 12.8 Å². The van der Waals surface area contributed by atoms with Crippen LogP contribution in [0.2, 0.25) is 0 Å². The number of piperidine rings is 1. The monoisotopic (exact) mass is 308 g/mol. The van der Waals surface area contributed by atoms with E-state index in [-0.39, 0.29) is 5.91 Å². The molecule has 0 atom stereocenters. The number of nitrogens with two attached hydrogens (primary N) is 1. The Morgan fingerprint density at radius 2 is 1.61 bits per heavy atom. The molecule has 0 radical (unpaired) electrons. The Morgan fingerprint density at radius 1 is 0.957 bits per heavy atom. The number of carbonyl (C=O) groups is 1. The normalized spacial score (nSPS) is 19.0. The first-order valence-corrected chi connectivity index (χ1v) is 7.95. The summed E-state index contributed by atoms with van der Waals surface area (Å²) >= 11 is 0. The van der Waals surface area contributed by atoms with Gasteiger partial charge in [-0.15, -0.1) is 0 Å². The van der Waals surface area contributed by atoms with Crippen molar-refractivity contribution in [2.75, 3.05) is 34.4 Å². The number of hydrogen-bond donors (Lipinski definition) is 3. The van der Waals surface area contributed by atoms with Crippen molar-refractivity contribution >= 4 is 28.7 Å². The summed E-state index contributed by atoms with van der Waals surface area (Å²) in [6.45, 7) is 1.68. The summed E-state index contributed by atoms with van der Waals surface area (Å²) < 4.78 is 0. The molecule has 2 aliphatic rings. The fourth-order valence-corrected chi connectivity index (χ4v) is 3.44. The Labute approximate surface area is 135 Å². The molecule has 0 unspecified atom stereocenters. The number of carbonyl (C=O) groups excluding carboxylic acids is 1. The van der Waals surface area contributed by atoms with E-state index >= 15 is 0 Å². The topological polar surface area (TPSA) is 70.4 Å². The lowest BCUT2D eigenvalue weighted by atomic mass is 9.84. The van der Waals surface area contributed by atoms with E-state index in [2.05, 4.69) is 15.5 Å². The maximum absolute atomic E-state index is 12.6. The van der Waals surface area contributed by atoms with E-state index in [0.717, 1.165) is 48.7 Å². The predicted octanol–water partition coefficient (Wildman–Crippen LogP) is 2.67. The van der Waals surface area contributed by atoms with Crippen molar-refractivity contribution < 1.29 is 4.79 Å². The molecule has 4 N–H and O–H groups in total. The van der Waals surface area contributed by atoms with Crippen molar-refractivity contribution in [3.8, 4) is 0 Å². The zero-order valence-electron chi connectivity index (χ0n) is 12.9. The summed E-state index contributed by atoms with van der Waals surface area (Å²) in [5.41, 5.74) is 9.05. The fraction of sp³-hybridized carbons (Fsp3) is 0.278. The van der Waals surface area contributed by atoms with Gasteiger partial charge < -0.3 is 21.3 Å². The highest BCUT2D eigenvalue weighted by molar-refractivity contribution is 6.06. The van der Waals surface area contributed by atoms with Gasteiger partial charge in [0, 0.05) is 24.5 Å². The molecule has 118 valence electrons. The van der Waals surface area contributed by atoms with Crippen LogP contribution in [0.3, 0.4) is 0 Å². The van der Waals surface area contributed by atoms with Gasteiger partial charge in [0.25, 0.3) is 0 Å². The third kappa shape index (κ3) is 2.38. The summed E-state index contributed by atoms with van der Waals surface area (Å²) in [6.07, 6.45) is 1.55. The van der Waals surface area contributed by atoms with Gasteiger partial charge >= 0.3 is 0 Å². The zero-order chi connectivity index (χ0) is 15.9.